The number of hydrogen-bond donors (Lipinski definition) is 0. The van der Waals surface area contributed by atoms with Crippen LogP contribution in [0.2, 0.25) is 0 Å². The molecule has 1 unspecified atom stereocenters. The molecular formula is C18H24BrN3O2. The number of ether oxygens (including phenoxy) is 2. The maximum absolute atomic E-state index is 6.22. The summed E-state index contributed by atoms with van der Waals surface area (Å²) < 4.78 is 15.1. The van der Waals surface area contributed by atoms with Crippen LogP contribution >= 0.6 is 15.9 Å². The van der Waals surface area contributed by atoms with Crippen molar-refractivity contribution >= 4 is 15.9 Å². The van der Waals surface area contributed by atoms with E-state index in [1.54, 1.807) is 17.1 Å². The molecular weight excluding hydrogens is 370 g/mol. The zero-order valence-corrected chi connectivity index (χ0v) is 16.0. The van der Waals surface area contributed by atoms with Crippen LogP contribution in [0, 0.1) is 5.41 Å². The molecule has 5 nitrogen and oxygen atoms in total. The average molecular weight is 394 g/mol. The first-order valence-electron chi connectivity index (χ1n) is 7.82. The van der Waals surface area contributed by atoms with Crippen molar-refractivity contribution in [2.75, 3.05) is 13.2 Å². The molecule has 130 valence electrons. The summed E-state index contributed by atoms with van der Waals surface area (Å²) in [6, 6.07) is 7.77. The number of halogens is 1. The van der Waals surface area contributed by atoms with Crippen molar-refractivity contribution in [3.8, 4) is 5.75 Å². The molecule has 0 spiro atoms. The van der Waals surface area contributed by atoms with Crippen LogP contribution in [0.25, 0.3) is 0 Å². The second kappa shape index (κ2) is 7.94. The van der Waals surface area contributed by atoms with Gasteiger partial charge in [-0.25, -0.2) is 9.67 Å². The Kier molecular flexibility index (Phi) is 6.18. The van der Waals surface area contributed by atoms with Gasteiger partial charge in [0.25, 0.3) is 0 Å². The monoisotopic (exact) mass is 393 g/mol. The lowest BCUT2D eigenvalue weighted by Gasteiger charge is -2.43. The van der Waals surface area contributed by atoms with Gasteiger partial charge in [0.1, 0.15) is 30.6 Å². The molecule has 1 aromatic carbocycles. The molecule has 0 aliphatic heterocycles. The van der Waals surface area contributed by atoms with Gasteiger partial charge in [-0.3, -0.25) is 0 Å². The Labute approximate surface area is 151 Å². The predicted octanol–water partition coefficient (Wildman–Crippen LogP) is 4.11. The summed E-state index contributed by atoms with van der Waals surface area (Å²) in [5.41, 5.74) is -0.765. The maximum atomic E-state index is 6.22. The van der Waals surface area contributed by atoms with Crippen molar-refractivity contribution in [3.05, 3.63) is 54.0 Å². The third-order valence-electron chi connectivity index (χ3n) is 4.01. The number of hydrogen-bond acceptors (Lipinski definition) is 4. The highest BCUT2D eigenvalue weighted by atomic mass is 79.9. The van der Waals surface area contributed by atoms with Crippen molar-refractivity contribution in [1.82, 2.24) is 14.8 Å². The summed E-state index contributed by atoms with van der Waals surface area (Å²) in [7, 11) is 0. The second-order valence-corrected chi connectivity index (χ2v) is 7.60. The minimum absolute atomic E-state index is 0.183. The first-order chi connectivity index (χ1) is 11.4. The highest BCUT2D eigenvalue weighted by Crippen LogP contribution is 2.36. The van der Waals surface area contributed by atoms with Gasteiger partial charge in [0.2, 0.25) is 0 Å². The Hall–Kier alpha value is -1.66. The third-order valence-corrected chi connectivity index (χ3v) is 4.54. The largest absolute Gasteiger partial charge is 0.490 e. The lowest BCUT2D eigenvalue weighted by atomic mass is 9.76. The normalized spacial score (nSPS) is 14.2. The summed E-state index contributed by atoms with van der Waals surface area (Å²) in [5.74, 6) is 0.799. The minimum Gasteiger partial charge on any atom is -0.490 e. The van der Waals surface area contributed by atoms with Crippen LogP contribution in [-0.2, 0) is 11.3 Å². The lowest BCUT2D eigenvalue weighted by molar-refractivity contribution is -0.141. The Bertz CT molecular complexity index is 635. The lowest BCUT2D eigenvalue weighted by Crippen LogP contribution is -2.53. The zero-order valence-electron chi connectivity index (χ0n) is 14.4. The van der Waals surface area contributed by atoms with Crippen molar-refractivity contribution in [3.63, 3.8) is 0 Å². The fraction of sp³-hybridized carbons (Fsp3) is 0.444. The summed E-state index contributed by atoms with van der Waals surface area (Å²) in [4.78, 5) is 4.03. The molecule has 0 saturated carbocycles. The van der Waals surface area contributed by atoms with Crippen LogP contribution < -0.4 is 4.74 Å². The van der Waals surface area contributed by atoms with Crippen LogP contribution in [0.5, 0.6) is 5.75 Å². The molecule has 0 radical (unpaired) electrons. The van der Waals surface area contributed by atoms with Crippen LogP contribution in [0.1, 0.15) is 20.8 Å². The van der Waals surface area contributed by atoms with E-state index >= 15 is 0 Å². The molecule has 24 heavy (non-hydrogen) atoms. The topological polar surface area (TPSA) is 49.2 Å². The molecule has 0 saturated heterocycles. The smallest absolute Gasteiger partial charge is 0.137 e. The number of aromatic nitrogens is 3. The van der Waals surface area contributed by atoms with E-state index < -0.39 is 5.60 Å². The number of rotatable bonds is 8. The van der Waals surface area contributed by atoms with E-state index in [4.69, 9.17) is 9.47 Å². The van der Waals surface area contributed by atoms with Crippen LogP contribution in [-0.4, -0.2) is 33.6 Å². The highest BCUT2D eigenvalue weighted by molar-refractivity contribution is 9.10. The fourth-order valence-corrected chi connectivity index (χ4v) is 2.59. The van der Waals surface area contributed by atoms with Crippen LogP contribution in [0.4, 0.5) is 0 Å². The molecule has 2 aromatic rings. The van der Waals surface area contributed by atoms with Gasteiger partial charge < -0.3 is 9.47 Å². The Balaban J connectivity index is 2.24. The van der Waals surface area contributed by atoms with E-state index in [1.807, 2.05) is 24.3 Å². The Morgan fingerprint density at radius 3 is 2.50 bits per heavy atom. The Morgan fingerprint density at radius 2 is 1.96 bits per heavy atom. The zero-order chi connectivity index (χ0) is 17.6. The first kappa shape index (κ1) is 18.7. The van der Waals surface area contributed by atoms with Gasteiger partial charge >= 0.3 is 0 Å². The predicted molar refractivity (Wildman–Crippen MR) is 98.0 cm³/mol. The Morgan fingerprint density at radius 1 is 1.25 bits per heavy atom. The molecule has 0 N–H and O–H groups in total. The van der Waals surface area contributed by atoms with Gasteiger partial charge in [-0.15, -0.1) is 6.58 Å². The van der Waals surface area contributed by atoms with Gasteiger partial charge in [0.15, 0.2) is 0 Å². The molecule has 0 bridgehead atoms. The molecule has 1 heterocycles. The summed E-state index contributed by atoms with van der Waals surface area (Å²) in [5, 5.41) is 4.23. The fourth-order valence-electron chi connectivity index (χ4n) is 2.33. The molecule has 0 amide bonds. The van der Waals surface area contributed by atoms with Crippen molar-refractivity contribution in [2.24, 2.45) is 5.41 Å². The minimum atomic E-state index is -0.581. The van der Waals surface area contributed by atoms with E-state index in [0.29, 0.717) is 19.8 Å². The van der Waals surface area contributed by atoms with Crippen molar-refractivity contribution in [1.29, 1.82) is 0 Å². The van der Waals surface area contributed by atoms with Gasteiger partial charge in [-0.1, -0.05) is 42.8 Å². The van der Waals surface area contributed by atoms with E-state index in [-0.39, 0.29) is 5.41 Å². The van der Waals surface area contributed by atoms with Gasteiger partial charge in [-0.05, 0) is 29.7 Å². The van der Waals surface area contributed by atoms with E-state index in [1.165, 1.54) is 6.33 Å². The molecule has 1 atom stereocenters. The number of nitrogens with zero attached hydrogens (tertiary/aromatic N) is 3. The summed E-state index contributed by atoms with van der Waals surface area (Å²) in [6.07, 6.45) is 4.97. The van der Waals surface area contributed by atoms with E-state index in [9.17, 15) is 0 Å². The first-order valence-corrected chi connectivity index (χ1v) is 8.61. The highest BCUT2D eigenvalue weighted by Gasteiger charge is 2.44. The van der Waals surface area contributed by atoms with Crippen molar-refractivity contribution < 1.29 is 9.47 Å². The van der Waals surface area contributed by atoms with Gasteiger partial charge in [0, 0.05) is 4.47 Å². The molecule has 0 aliphatic rings. The van der Waals surface area contributed by atoms with Gasteiger partial charge in [-0.2, -0.15) is 5.10 Å². The van der Waals surface area contributed by atoms with E-state index in [2.05, 4.69) is 53.4 Å². The molecule has 1 aromatic heterocycles. The average Bonchev–Trinajstić information content (AvgIpc) is 3.03. The van der Waals surface area contributed by atoms with E-state index in [0.717, 1.165) is 10.2 Å². The molecule has 2 rings (SSSR count). The number of benzene rings is 1. The maximum Gasteiger partial charge on any atom is 0.137 e. The van der Waals surface area contributed by atoms with Crippen LogP contribution in [0.3, 0.4) is 0 Å². The van der Waals surface area contributed by atoms with Crippen molar-refractivity contribution in [2.45, 2.75) is 32.9 Å². The van der Waals surface area contributed by atoms with Crippen LogP contribution in [0.15, 0.2) is 54.0 Å². The van der Waals surface area contributed by atoms with Gasteiger partial charge in [0.05, 0.1) is 13.2 Å². The standard InChI is InChI=1S/C18H24BrN3O2/c1-5-10-24-18(17(2,3)4,11-22-14-20-13-21-22)12-23-16-8-6-15(19)7-9-16/h5-9,13-14H,1,10-12H2,2-4H3. The summed E-state index contributed by atoms with van der Waals surface area (Å²) >= 11 is 3.43. The quantitative estimate of drug-likeness (QED) is 0.633. The SMILES string of the molecule is C=CCOC(COc1ccc(Br)cc1)(Cn1cncn1)C(C)(C)C. The molecule has 0 fully saturated rings. The second-order valence-electron chi connectivity index (χ2n) is 6.68. The molecule has 0 aliphatic carbocycles. The molecule has 6 heteroatoms. The summed E-state index contributed by atoms with van der Waals surface area (Å²) in [6.45, 7) is 11.6. The third kappa shape index (κ3) is 4.68.